The van der Waals surface area contributed by atoms with Gasteiger partial charge in [0, 0.05) is 18.7 Å². The van der Waals surface area contributed by atoms with Crippen molar-refractivity contribution in [2.45, 2.75) is 6.42 Å². The zero-order valence-corrected chi connectivity index (χ0v) is 13.7. The van der Waals surface area contributed by atoms with Crippen LogP contribution in [-0.4, -0.2) is 50.9 Å². The monoisotopic (exact) mass is 343 g/mol. The van der Waals surface area contributed by atoms with E-state index in [2.05, 4.69) is 5.43 Å². The first-order valence-electron chi connectivity index (χ1n) is 6.60. The number of hydrogen-bond acceptors (Lipinski definition) is 6. The number of hydrogen-bond donors (Lipinski definition) is 2. The van der Waals surface area contributed by atoms with E-state index in [4.69, 9.17) is 0 Å². The third-order valence-corrected chi connectivity index (χ3v) is 4.42. The average molecular weight is 343 g/mol. The van der Waals surface area contributed by atoms with Crippen LogP contribution in [0.15, 0.2) is 29.2 Å². The Balaban J connectivity index is 1.89. The Kier molecular flexibility index (Phi) is 5.46. The zero-order valence-electron chi connectivity index (χ0n) is 12.0. The summed E-state index contributed by atoms with van der Waals surface area (Å²) >= 11 is 1.39. The maximum absolute atomic E-state index is 12.1. The predicted molar refractivity (Wildman–Crippen MR) is 83.9 cm³/mol. The van der Waals surface area contributed by atoms with Crippen LogP contribution in [0, 0.1) is 0 Å². The molecule has 7 nitrogen and oxygen atoms in total. The number of nitrogens with one attached hydrogen (secondary N) is 2. The van der Waals surface area contributed by atoms with Crippen LogP contribution in [0.25, 0.3) is 0 Å². The van der Waals surface area contributed by atoms with Crippen molar-refractivity contribution in [3.05, 3.63) is 34.0 Å². The van der Waals surface area contributed by atoms with Crippen molar-refractivity contribution in [2.75, 3.05) is 25.9 Å². The van der Waals surface area contributed by atoms with Crippen molar-refractivity contribution < 1.29 is 18.0 Å². The standard InChI is InChI=1S/C13H17N3O4S2/c1-22(19,20)15-14-13(18)10-4-2-6-16(8-10)9-11(17)12-5-3-7-21-12/h3-5,7,15H,2,6,8-9H2,1H3,(H,14,18). The van der Waals surface area contributed by atoms with Gasteiger partial charge in [0.1, 0.15) is 0 Å². The normalized spacial score (nSPS) is 16.1. The van der Waals surface area contributed by atoms with Gasteiger partial charge in [0.2, 0.25) is 10.0 Å². The molecule has 0 saturated heterocycles. The largest absolute Gasteiger partial charge is 0.292 e. The summed E-state index contributed by atoms with van der Waals surface area (Å²) in [5, 5.41) is 1.85. The molecule has 0 bridgehead atoms. The third kappa shape index (κ3) is 5.02. The summed E-state index contributed by atoms with van der Waals surface area (Å²) in [7, 11) is -3.50. The summed E-state index contributed by atoms with van der Waals surface area (Å²) in [6, 6.07) is 3.60. The average Bonchev–Trinajstić information content (AvgIpc) is 2.98. The van der Waals surface area contributed by atoms with E-state index in [1.54, 1.807) is 12.1 Å². The van der Waals surface area contributed by atoms with E-state index in [0.717, 1.165) is 6.26 Å². The van der Waals surface area contributed by atoms with Crippen molar-refractivity contribution in [2.24, 2.45) is 0 Å². The van der Waals surface area contributed by atoms with Gasteiger partial charge in [0.15, 0.2) is 5.78 Å². The van der Waals surface area contributed by atoms with Gasteiger partial charge in [-0.15, -0.1) is 16.2 Å². The number of carbonyl (C=O) groups excluding carboxylic acids is 2. The van der Waals surface area contributed by atoms with Crippen molar-refractivity contribution >= 4 is 33.1 Å². The molecule has 0 unspecified atom stereocenters. The molecule has 1 aliphatic heterocycles. The first-order valence-corrected chi connectivity index (χ1v) is 9.37. The summed E-state index contributed by atoms with van der Waals surface area (Å²) in [5.74, 6) is -0.482. The van der Waals surface area contributed by atoms with Crippen LogP contribution in [0.1, 0.15) is 16.1 Å². The molecule has 0 radical (unpaired) electrons. The van der Waals surface area contributed by atoms with Crippen molar-refractivity contribution in [1.82, 2.24) is 15.2 Å². The number of thiophene rings is 1. The minimum absolute atomic E-state index is 0.0194. The highest BCUT2D eigenvalue weighted by molar-refractivity contribution is 7.88. The maximum Gasteiger partial charge on any atom is 0.263 e. The highest BCUT2D eigenvalue weighted by Gasteiger charge is 2.21. The van der Waals surface area contributed by atoms with Gasteiger partial charge in [0.05, 0.1) is 17.7 Å². The minimum atomic E-state index is -3.50. The van der Waals surface area contributed by atoms with E-state index in [0.29, 0.717) is 30.0 Å². The lowest BCUT2D eigenvalue weighted by Gasteiger charge is -2.25. The second kappa shape index (κ2) is 7.14. The Labute approximate surface area is 133 Å². The van der Waals surface area contributed by atoms with Crippen LogP contribution < -0.4 is 10.3 Å². The lowest BCUT2D eigenvalue weighted by Crippen LogP contribution is -2.45. The SMILES string of the molecule is CS(=O)(=O)NNC(=O)C1=CCCN(CC(=O)c2cccs2)C1. The minimum Gasteiger partial charge on any atom is -0.292 e. The van der Waals surface area contributed by atoms with Gasteiger partial charge in [-0.3, -0.25) is 19.9 Å². The summed E-state index contributed by atoms with van der Waals surface area (Å²) in [5.41, 5.74) is 2.58. The molecule has 2 heterocycles. The molecule has 0 saturated carbocycles. The van der Waals surface area contributed by atoms with Crippen LogP contribution >= 0.6 is 11.3 Å². The number of sulfonamides is 1. The number of hydrazine groups is 1. The molecule has 0 atom stereocenters. The predicted octanol–water partition coefficient (Wildman–Crippen LogP) is 0.143. The summed E-state index contributed by atoms with van der Waals surface area (Å²) in [4.78, 5) is 28.5. The molecular weight excluding hydrogens is 326 g/mol. The Morgan fingerprint density at radius 1 is 1.41 bits per heavy atom. The van der Waals surface area contributed by atoms with Crippen molar-refractivity contribution in [1.29, 1.82) is 0 Å². The van der Waals surface area contributed by atoms with E-state index < -0.39 is 15.9 Å². The molecule has 120 valence electrons. The Morgan fingerprint density at radius 2 is 2.18 bits per heavy atom. The summed E-state index contributed by atoms with van der Waals surface area (Å²) in [6.45, 7) is 1.24. The van der Waals surface area contributed by atoms with Gasteiger partial charge < -0.3 is 0 Å². The highest BCUT2D eigenvalue weighted by atomic mass is 32.2. The Morgan fingerprint density at radius 3 is 2.82 bits per heavy atom. The molecule has 0 aliphatic carbocycles. The molecule has 0 fully saturated rings. The van der Waals surface area contributed by atoms with Crippen molar-refractivity contribution in [3.63, 3.8) is 0 Å². The lowest BCUT2D eigenvalue weighted by molar-refractivity contribution is -0.118. The number of Topliss-reactive ketones (excluding diaryl/α,β-unsaturated/α-hetero) is 1. The quantitative estimate of drug-likeness (QED) is 0.566. The van der Waals surface area contributed by atoms with Gasteiger partial charge in [-0.1, -0.05) is 12.1 Å². The highest BCUT2D eigenvalue weighted by Crippen LogP contribution is 2.13. The molecule has 1 amide bonds. The van der Waals surface area contributed by atoms with Gasteiger partial charge >= 0.3 is 0 Å². The fourth-order valence-electron chi connectivity index (χ4n) is 2.04. The topological polar surface area (TPSA) is 95.6 Å². The number of rotatable bonds is 6. The van der Waals surface area contributed by atoms with E-state index in [1.165, 1.54) is 11.3 Å². The number of ketones is 1. The van der Waals surface area contributed by atoms with Gasteiger partial charge in [-0.25, -0.2) is 8.42 Å². The molecule has 2 N–H and O–H groups in total. The van der Waals surface area contributed by atoms with Crippen LogP contribution in [-0.2, 0) is 14.8 Å². The molecular formula is C13H17N3O4S2. The lowest BCUT2D eigenvalue weighted by atomic mass is 10.1. The zero-order chi connectivity index (χ0) is 16.2. The van der Waals surface area contributed by atoms with E-state index in [9.17, 15) is 18.0 Å². The summed E-state index contributed by atoms with van der Waals surface area (Å²) < 4.78 is 21.9. The van der Waals surface area contributed by atoms with Crippen LogP contribution in [0.2, 0.25) is 0 Å². The molecule has 1 aliphatic rings. The van der Waals surface area contributed by atoms with Crippen LogP contribution in [0.5, 0.6) is 0 Å². The van der Waals surface area contributed by atoms with Gasteiger partial charge in [0.25, 0.3) is 5.91 Å². The second-order valence-corrected chi connectivity index (χ2v) is 7.65. The number of carbonyl (C=O) groups is 2. The molecule has 22 heavy (non-hydrogen) atoms. The number of nitrogens with zero attached hydrogens (tertiary/aromatic N) is 1. The first kappa shape index (κ1) is 16.8. The fraction of sp³-hybridized carbons (Fsp3) is 0.385. The molecule has 1 aromatic heterocycles. The van der Waals surface area contributed by atoms with Gasteiger partial charge in [-0.2, -0.15) is 0 Å². The Hall–Kier alpha value is -1.55. The molecule has 1 aromatic rings. The fourth-order valence-corrected chi connectivity index (χ4v) is 2.98. The Bertz CT molecular complexity index is 680. The number of amides is 1. The summed E-state index contributed by atoms with van der Waals surface area (Å²) in [6.07, 6.45) is 3.35. The third-order valence-electron chi connectivity index (χ3n) is 3.03. The smallest absolute Gasteiger partial charge is 0.263 e. The molecule has 2 rings (SSSR count). The molecule has 0 aromatic carbocycles. The van der Waals surface area contributed by atoms with Crippen molar-refractivity contribution in [3.8, 4) is 0 Å². The maximum atomic E-state index is 12.1. The van der Waals surface area contributed by atoms with Crippen LogP contribution in [0.4, 0.5) is 0 Å². The van der Waals surface area contributed by atoms with E-state index in [1.807, 2.05) is 21.2 Å². The second-order valence-electron chi connectivity index (χ2n) is 4.96. The van der Waals surface area contributed by atoms with Crippen LogP contribution in [0.3, 0.4) is 0 Å². The molecule has 0 spiro atoms. The van der Waals surface area contributed by atoms with Gasteiger partial charge in [-0.05, 0) is 17.9 Å². The first-order chi connectivity index (χ1) is 10.3. The molecule has 9 heteroatoms. The van der Waals surface area contributed by atoms with E-state index in [-0.39, 0.29) is 12.3 Å². The van der Waals surface area contributed by atoms with E-state index >= 15 is 0 Å².